The normalized spacial score (nSPS) is 17.4. The third-order valence-electron chi connectivity index (χ3n) is 3.60. The molecule has 1 aromatic heterocycles. The van der Waals surface area contributed by atoms with Crippen molar-refractivity contribution in [2.24, 2.45) is 0 Å². The van der Waals surface area contributed by atoms with E-state index < -0.39 is 0 Å². The molecule has 1 aromatic rings. The monoisotopic (exact) mass is 259 g/mol. The van der Waals surface area contributed by atoms with Crippen LogP contribution in [0.25, 0.3) is 0 Å². The second-order valence-corrected chi connectivity index (χ2v) is 5.51. The van der Waals surface area contributed by atoms with E-state index in [1.165, 1.54) is 0 Å². The summed E-state index contributed by atoms with van der Waals surface area (Å²) in [4.78, 5) is 6.62. The van der Waals surface area contributed by atoms with Gasteiger partial charge in [-0.3, -0.25) is 0 Å². The maximum absolute atomic E-state index is 9.22. The summed E-state index contributed by atoms with van der Waals surface area (Å²) in [6.45, 7) is 6.26. The molecule has 0 amide bonds. The van der Waals surface area contributed by atoms with E-state index in [0.29, 0.717) is 17.4 Å². The summed E-state index contributed by atoms with van der Waals surface area (Å²) in [5, 5.41) is 9.22. The second-order valence-electron chi connectivity index (χ2n) is 5.51. The Morgan fingerprint density at radius 3 is 2.68 bits per heavy atom. The van der Waals surface area contributed by atoms with Gasteiger partial charge in [0.2, 0.25) is 5.88 Å². The first-order valence-electron chi connectivity index (χ1n) is 6.85. The van der Waals surface area contributed by atoms with E-state index in [4.69, 9.17) is 4.74 Å². The molecular weight excluding hydrogens is 238 g/mol. The molecule has 0 bridgehead atoms. The number of hydrogen-bond acceptors (Lipinski definition) is 4. The summed E-state index contributed by atoms with van der Waals surface area (Å²) in [6.07, 6.45) is 3.99. The van der Waals surface area contributed by atoms with Crippen LogP contribution >= 0.6 is 0 Å². The van der Waals surface area contributed by atoms with E-state index in [2.05, 4.69) is 36.8 Å². The molecule has 102 valence electrons. The Kier molecular flexibility index (Phi) is 4.39. The molecule has 19 heavy (non-hydrogen) atoms. The smallest absolute Gasteiger partial charge is 0.231 e. The fourth-order valence-corrected chi connectivity index (χ4v) is 2.22. The topological polar surface area (TPSA) is 49.1 Å². The Morgan fingerprint density at radius 2 is 2.11 bits per heavy atom. The van der Waals surface area contributed by atoms with Gasteiger partial charge in [-0.1, -0.05) is 13.8 Å². The van der Waals surface area contributed by atoms with Crippen LogP contribution in [0.3, 0.4) is 0 Å². The fraction of sp³-hybridized carbons (Fsp3) is 0.600. The molecule has 1 fully saturated rings. The van der Waals surface area contributed by atoms with Crippen LogP contribution in [0, 0.1) is 11.3 Å². The second kappa shape index (κ2) is 6.03. The van der Waals surface area contributed by atoms with Crippen LogP contribution in [0.2, 0.25) is 0 Å². The largest absolute Gasteiger partial charge is 0.473 e. The van der Waals surface area contributed by atoms with Crippen molar-refractivity contribution in [2.75, 3.05) is 20.1 Å². The summed E-state index contributed by atoms with van der Waals surface area (Å²) in [5.41, 5.74) is 1.62. The first kappa shape index (κ1) is 13.8. The molecule has 0 aliphatic carbocycles. The number of rotatable bonds is 3. The van der Waals surface area contributed by atoms with E-state index in [-0.39, 0.29) is 6.10 Å². The van der Waals surface area contributed by atoms with Crippen molar-refractivity contribution in [3.05, 3.63) is 23.4 Å². The van der Waals surface area contributed by atoms with Gasteiger partial charge in [-0.05, 0) is 37.4 Å². The Hall–Kier alpha value is -1.60. The van der Waals surface area contributed by atoms with Gasteiger partial charge in [-0.15, -0.1) is 0 Å². The first-order chi connectivity index (χ1) is 9.10. The van der Waals surface area contributed by atoms with Gasteiger partial charge in [-0.25, -0.2) is 4.98 Å². The molecule has 4 heteroatoms. The third kappa shape index (κ3) is 3.45. The molecule has 0 spiro atoms. The summed E-state index contributed by atoms with van der Waals surface area (Å²) in [7, 11) is 2.12. The van der Waals surface area contributed by atoms with Gasteiger partial charge >= 0.3 is 0 Å². The van der Waals surface area contributed by atoms with Crippen LogP contribution in [0.1, 0.15) is 43.7 Å². The van der Waals surface area contributed by atoms with E-state index in [1.54, 1.807) is 0 Å². The molecule has 2 rings (SSSR count). The number of ether oxygens (including phenoxy) is 1. The predicted octanol–water partition coefficient (Wildman–Crippen LogP) is 2.55. The molecule has 4 nitrogen and oxygen atoms in total. The van der Waals surface area contributed by atoms with E-state index in [1.807, 2.05) is 12.3 Å². The highest BCUT2D eigenvalue weighted by molar-refractivity contribution is 5.40. The molecule has 0 atom stereocenters. The van der Waals surface area contributed by atoms with E-state index in [0.717, 1.165) is 31.5 Å². The Bertz CT molecular complexity index is 471. The SMILES string of the molecule is CC(C)c1cnc(OC2CCN(C)CC2)c(C#N)c1. The van der Waals surface area contributed by atoms with Crippen LogP contribution in [-0.4, -0.2) is 36.1 Å². The molecule has 0 radical (unpaired) electrons. The summed E-state index contributed by atoms with van der Waals surface area (Å²) < 4.78 is 5.90. The minimum absolute atomic E-state index is 0.181. The molecule has 2 heterocycles. The summed E-state index contributed by atoms with van der Waals surface area (Å²) >= 11 is 0. The third-order valence-corrected chi connectivity index (χ3v) is 3.60. The van der Waals surface area contributed by atoms with Crippen molar-refractivity contribution in [1.82, 2.24) is 9.88 Å². The zero-order valence-corrected chi connectivity index (χ0v) is 11.9. The molecule has 0 aromatic carbocycles. The molecular formula is C15H21N3O. The lowest BCUT2D eigenvalue weighted by atomic mass is 10.0. The van der Waals surface area contributed by atoms with Crippen LogP contribution in [0.5, 0.6) is 5.88 Å². The van der Waals surface area contributed by atoms with Crippen molar-refractivity contribution in [3.63, 3.8) is 0 Å². The van der Waals surface area contributed by atoms with Gasteiger partial charge in [0.15, 0.2) is 0 Å². The number of pyridine rings is 1. The number of piperidine rings is 1. The minimum atomic E-state index is 0.181. The van der Waals surface area contributed by atoms with Gasteiger partial charge in [0.1, 0.15) is 17.7 Å². The van der Waals surface area contributed by atoms with E-state index >= 15 is 0 Å². The number of nitriles is 1. The van der Waals surface area contributed by atoms with Gasteiger partial charge < -0.3 is 9.64 Å². The predicted molar refractivity (Wildman–Crippen MR) is 74.2 cm³/mol. The molecule has 1 aliphatic rings. The summed E-state index contributed by atoms with van der Waals surface area (Å²) in [5.74, 6) is 0.860. The minimum Gasteiger partial charge on any atom is -0.473 e. The molecule has 1 saturated heterocycles. The average molecular weight is 259 g/mol. The Labute approximate surface area is 115 Å². The van der Waals surface area contributed by atoms with Crippen LogP contribution in [0.15, 0.2) is 12.3 Å². The van der Waals surface area contributed by atoms with Crippen molar-refractivity contribution >= 4 is 0 Å². The van der Waals surface area contributed by atoms with Gasteiger partial charge in [-0.2, -0.15) is 5.26 Å². The van der Waals surface area contributed by atoms with Gasteiger partial charge in [0.25, 0.3) is 0 Å². The fourth-order valence-electron chi connectivity index (χ4n) is 2.22. The van der Waals surface area contributed by atoms with Crippen LogP contribution < -0.4 is 4.74 Å². The van der Waals surface area contributed by atoms with Gasteiger partial charge in [0.05, 0.1) is 0 Å². The number of nitrogens with zero attached hydrogens (tertiary/aromatic N) is 3. The van der Waals surface area contributed by atoms with Crippen LogP contribution in [-0.2, 0) is 0 Å². The maximum atomic E-state index is 9.22. The van der Waals surface area contributed by atoms with Crippen LogP contribution in [0.4, 0.5) is 0 Å². The van der Waals surface area contributed by atoms with Crippen molar-refractivity contribution in [3.8, 4) is 11.9 Å². The van der Waals surface area contributed by atoms with E-state index in [9.17, 15) is 5.26 Å². The number of likely N-dealkylation sites (tertiary alicyclic amines) is 1. The molecule has 0 saturated carbocycles. The quantitative estimate of drug-likeness (QED) is 0.837. The molecule has 1 aliphatic heterocycles. The molecule has 0 N–H and O–H groups in total. The average Bonchev–Trinajstić information content (AvgIpc) is 2.41. The lowest BCUT2D eigenvalue weighted by Crippen LogP contribution is -2.35. The first-order valence-corrected chi connectivity index (χ1v) is 6.85. The zero-order valence-electron chi connectivity index (χ0n) is 11.9. The zero-order chi connectivity index (χ0) is 13.8. The maximum Gasteiger partial charge on any atom is 0.231 e. The van der Waals surface area contributed by atoms with Gasteiger partial charge in [0, 0.05) is 19.3 Å². The van der Waals surface area contributed by atoms with Crippen molar-refractivity contribution in [2.45, 2.75) is 38.7 Å². The lowest BCUT2D eigenvalue weighted by molar-refractivity contribution is 0.109. The molecule has 0 unspecified atom stereocenters. The number of hydrogen-bond donors (Lipinski definition) is 0. The highest BCUT2D eigenvalue weighted by Gasteiger charge is 2.20. The lowest BCUT2D eigenvalue weighted by Gasteiger charge is -2.29. The number of aromatic nitrogens is 1. The van der Waals surface area contributed by atoms with Crippen molar-refractivity contribution in [1.29, 1.82) is 5.26 Å². The Morgan fingerprint density at radius 1 is 1.42 bits per heavy atom. The summed E-state index contributed by atoms with van der Waals surface area (Å²) in [6, 6.07) is 4.08. The van der Waals surface area contributed by atoms with Crippen molar-refractivity contribution < 1.29 is 4.74 Å². The highest BCUT2D eigenvalue weighted by Crippen LogP contribution is 2.23. The highest BCUT2D eigenvalue weighted by atomic mass is 16.5. The Balaban J connectivity index is 2.10. The standard InChI is InChI=1S/C15H21N3O/c1-11(2)13-8-12(9-16)15(17-10-13)19-14-4-6-18(3)7-5-14/h8,10-11,14H,4-7H2,1-3H3.